The first-order valence-corrected chi connectivity index (χ1v) is 6.81. The van der Waals surface area contributed by atoms with Crippen LogP contribution >= 0.6 is 11.8 Å². The Kier molecular flexibility index (Phi) is 3.71. The predicted molar refractivity (Wildman–Crippen MR) is 68.4 cm³/mol. The van der Waals surface area contributed by atoms with E-state index in [1.54, 1.807) is 11.8 Å². The zero-order chi connectivity index (χ0) is 11.5. The zero-order valence-electron chi connectivity index (χ0n) is 10.1. The summed E-state index contributed by atoms with van der Waals surface area (Å²) in [7, 11) is 0. The normalized spacial score (nSPS) is 21.2. The monoisotopic (exact) mass is 238 g/mol. The number of rotatable bonds is 2. The van der Waals surface area contributed by atoms with E-state index in [9.17, 15) is 0 Å². The summed E-state index contributed by atoms with van der Waals surface area (Å²) in [6.45, 7) is 6.93. The molecule has 3 nitrogen and oxygen atoms in total. The van der Waals surface area contributed by atoms with Crippen LogP contribution in [0.5, 0.6) is 0 Å². The molecule has 1 unspecified atom stereocenters. The van der Waals surface area contributed by atoms with Gasteiger partial charge in [0.2, 0.25) is 0 Å². The molecule has 4 heteroatoms. The van der Waals surface area contributed by atoms with Gasteiger partial charge < -0.3 is 9.64 Å². The van der Waals surface area contributed by atoms with Crippen LogP contribution < -0.4 is 4.90 Å². The van der Waals surface area contributed by atoms with E-state index < -0.39 is 0 Å². The predicted octanol–water partition coefficient (Wildman–Crippen LogP) is 2.34. The van der Waals surface area contributed by atoms with Crippen molar-refractivity contribution in [3.05, 3.63) is 17.8 Å². The number of thioether (sulfide) groups is 1. The van der Waals surface area contributed by atoms with Crippen molar-refractivity contribution in [1.29, 1.82) is 0 Å². The number of morpholine rings is 1. The molecule has 2 heterocycles. The summed E-state index contributed by atoms with van der Waals surface area (Å²) in [5.74, 6) is 0. The van der Waals surface area contributed by atoms with E-state index >= 15 is 0 Å². The quantitative estimate of drug-likeness (QED) is 0.738. The molecule has 1 aromatic heterocycles. The molecule has 1 saturated heterocycles. The number of hydrogen-bond acceptors (Lipinski definition) is 4. The molecule has 0 radical (unpaired) electrons. The number of ether oxygens (including phenoxy) is 1. The summed E-state index contributed by atoms with van der Waals surface area (Å²) >= 11 is 1.68. The topological polar surface area (TPSA) is 25.4 Å². The van der Waals surface area contributed by atoms with Gasteiger partial charge in [-0.25, -0.2) is 4.98 Å². The van der Waals surface area contributed by atoms with Gasteiger partial charge in [-0.15, -0.1) is 11.8 Å². The highest BCUT2D eigenvalue weighted by atomic mass is 32.2. The van der Waals surface area contributed by atoms with Crippen LogP contribution in [0.1, 0.15) is 12.6 Å². The Morgan fingerprint density at radius 3 is 2.94 bits per heavy atom. The minimum atomic E-state index is 0.313. The number of aryl methyl sites for hydroxylation is 1. The number of anilines is 1. The Morgan fingerprint density at radius 1 is 1.50 bits per heavy atom. The van der Waals surface area contributed by atoms with E-state index in [1.165, 1.54) is 5.69 Å². The SMILES string of the molecule is CSc1ccc(N2CCOC(C)C2)c(C)n1. The molecule has 1 atom stereocenters. The second-order valence-electron chi connectivity index (χ2n) is 4.09. The molecule has 0 saturated carbocycles. The van der Waals surface area contributed by atoms with E-state index in [1.807, 2.05) is 0 Å². The second kappa shape index (κ2) is 5.06. The van der Waals surface area contributed by atoms with Crippen LogP contribution in [0.4, 0.5) is 5.69 Å². The highest BCUT2D eigenvalue weighted by Crippen LogP contribution is 2.23. The third-order valence-electron chi connectivity index (χ3n) is 2.82. The lowest BCUT2D eigenvalue weighted by Gasteiger charge is -2.33. The number of aromatic nitrogens is 1. The van der Waals surface area contributed by atoms with Gasteiger partial charge in [-0.1, -0.05) is 0 Å². The lowest BCUT2D eigenvalue weighted by Crippen LogP contribution is -2.41. The molecule has 1 aliphatic rings. The Bertz CT molecular complexity index is 370. The van der Waals surface area contributed by atoms with Crippen LogP contribution in [0, 0.1) is 6.92 Å². The fraction of sp³-hybridized carbons (Fsp3) is 0.583. The standard InChI is InChI=1S/C12H18N2OS/c1-9-8-14(6-7-15-9)11-4-5-12(16-3)13-10(11)2/h4-5,9H,6-8H2,1-3H3. The third-order valence-corrected chi connectivity index (χ3v) is 3.47. The molecule has 0 bridgehead atoms. The van der Waals surface area contributed by atoms with Crippen molar-refractivity contribution in [3.63, 3.8) is 0 Å². The Morgan fingerprint density at radius 2 is 2.31 bits per heavy atom. The summed E-state index contributed by atoms with van der Waals surface area (Å²) < 4.78 is 5.55. The minimum absolute atomic E-state index is 0.313. The molecule has 16 heavy (non-hydrogen) atoms. The molecule has 2 rings (SSSR count). The van der Waals surface area contributed by atoms with Gasteiger partial charge in [-0.3, -0.25) is 0 Å². The van der Waals surface area contributed by atoms with E-state index in [2.05, 4.69) is 42.1 Å². The summed E-state index contributed by atoms with van der Waals surface area (Å²) in [6, 6.07) is 4.26. The summed E-state index contributed by atoms with van der Waals surface area (Å²) in [5.41, 5.74) is 2.36. The van der Waals surface area contributed by atoms with Crippen LogP contribution in [-0.4, -0.2) is 37.0 Å². The first-order chi connectivity index (χ1) is 7.70. The molecule has 0 amide bonds. The summed E-state index contributed by atoms with van der Waals surface area (Å²) in [5, 5.41) is 1.09. The van der Waals surface area contributed by atoms with Crippen molar-refractivity contribution in [1.82, 2.24) is 4.98 Å². The van der Waals surface area contributed by atoms with Gasteiger partial charge in [0.15, 0.2) is 0 Å². The molecule has 1 aliphatic heterocycles. The van der Waals surface area contributed by atoms with E-state index in [0.717, 1.165) is 30.4 Å². The first-order valence-electron chi connectivity index (χ1n) is 5.59. The van der Waals surface area contributed by atoms with Crippen molar-refractivity contribution in [2.24, 2.45) is 0 Å². The summed E-state index contributed by atoms with van der Waals surface area (Å²) in [6.07, 6.45) is 2.37. The van der Waals surface area contributed by atoms with Gasteiger partial charge in [-0.2, -0.15) is 0 Å². The van der Waals surface area contributed by atoms with Crippen molar-refractivity contribution in [2.75, 3.05) is 30.9 Å². The molecule has 0 aliphatic carbocycles. The molecule has 1 aromatic rings. The molecule has 0 aromatic carbocycles. The Hall–Kier alpha value is -0.740. The van der Waals surface area contributed by atoms with Gasteiger partial charge in [0, 0.05) is 13.1 Å². The Labute approximate surface area is 101 Å². The van der Waals surface area contributed by atoms with Crippen molar-refractivity contribution < 1.29 is 4.74 Å². The number of pyridine rings is 1. The van der Waals surface area contributed by atoms with Crippen LogP contribution in [0.3, 0.4) is 0 Å². The lowest BCUT2D eigenvalue weighted by atomic mass is 10.2. The second-order valence-corrected chi connectivity index (χ2v) is 4.91. The van der Waals surface area contributed by atoms with Crippen LogP contribution in [0.2, 0.25) is 0 Å². The van der Waals surface area contributed by atoms with Crippen LogP contribution in [0.15, 0.2) is 17.2 Å². The van der Waals surface area contributed by atoms with Crippen molar-refractivity contribution >= 4 is 17.4 Å². The van der Waals surface area contributed by atoms with Gasteiger partial charge in [0.25, 0.3) is 0 Å². The number of hydrogen-bond donors (Lipinski definition) is 0. The average Bonchev–Trinajstić information content (AvgIpc) is 2.28. The minimum Gasteiger partial charge on any atom is -0.375 e. The average molecular weight is 238 g/mol. The molecule has 88 valence electrons. The third kappa shape index (κ3) is 2.50. The Balaban J connectivity index is 2.19. The fourth-order valence-corrected chi connectivity index (χ4v) is 2.45. The molecular formula is C12H18N2OS. The summed E-state index contributed by atoms with van der Waals surface area (Å²) in [4.78, 5) is 6.93. The van der Waals surface area contributed by atoms with Crippen molar-refractivity contribution in [2.45, 2.75) is 25.0 Å². The number of nitrogens with zero attached hydrogens (tertiary/aromatic N) is 2. The van der Waals surface area contributed by atoms with Crippen LogP contribution in [0.25, 0.3) is 0 Å². The lowest BCUT2D eigenvalue weighted by molar-refractivity contribution is 0.0531. The van der Waals surface area contributed by atoms with Gasteiger partial charge in [0.05, 0.1) is 29.1 Å². The first kappa shape index (κ1) is 11.7. The highest BCUT2D eigenvalue weighted by Gasteiger charge is 2.18. The largest absolute Gasteiger partial charge is 0.375 e. The van der Waals surface area contributed by atoms with E-state index in [0.29, 0.717) is 6.10 Å². The van der Waals surface area contributed by atoms with E-state index in [4.69, 9.17) is 4.74 Å². The van der Waals surface area contributed by atoms with Crippen LogP contribution in [-0.2, 0) is 4.74 Å². The van der Waals surface area contributed by atoms with Gasteiger partial charge in [0.1, 0.15) is 0 Å². The maximum atomic E-state index is 5.55. The maximum Gasteiger partial charge on any atom is 0.0961 e. The van der Waals surface area contributed by atoms with Gasteiger partial charge in [-0.05, 0) is 32.2 Å². The zero-order valence-corrected chi connectivity index (χ0v) is 10.9. The van der Waals surface area contributed by atoms with Crippen molar-refractivity contribution in [3.8, 4) is 0 Å². The fourth-order valence-electron chi connectivity index (χ4n) is 2.02. The molecule has 1 fully saturated rings. The van der Waals surface area contributed by atoms with E-state index in [-0.39, 0.29) is 0 Å². The maximum absolute atomic E-state index is 5.55. The molecular weight excluding hydrogens is 220 g/mol. The van der Waals surface area contributed by atoms with Gasteiger partial charge >= 0.3 is 0 Å². The highest BCUT2D eigenvalue weighted by molar-refractivity contribution is 7.98. The molecule has 0 spiro atoms. The molecule has 0 N–H and O–H groups in total. The smallest absolute Gasteiger partial charge is 0.0961 e.